The first kappa shape index (κ1) is 15.8. The molecule has 1 heterocycles. The van der Waals surface area contributed by atoms with Crippen LogP contribution >= 0.6 is 0 Å². The maximum atomic E-state index is 4.77. The number of rotatable bonds is 3. The molecule has 0 aromatic heterocycles. The van der Waals surface area contributed by atoms with Gasteiger partial charge in [0.25, 0.3) is 0 Å². The topological polar surface area (TPSA) is 15.6 Å². The molecule has 1 unspecified atom stereocenters. The molecule has 2 aromatic rings. The Bertz CT molecular complexity index is 745. The van der Waals surface area contributed by atoms with Crippen LogP contribution < -0.4 is 4.90 Å². The molecular formula is C21H26N2. The zero-order valence-corrected chi connectivity index (χ0v) is 14.8. The average Bonchev–Trinajstić information content (AvgIpc) is 2.51. The fourth-order valence-electron chi connectivity index (χ4n) is 3.47. The molecule has 0 aliphatic carbocycles. The van der Waals surface area contributed by atoms with Gasteiger partial charge in [0.1, 0.15) is 0 Å². The van der Waals surface area contributed by atoms with Crippen LogP contribution in [0.25, 0.3) is 0 Å². The van der Waals surface area contributed by atoms with Crippen LogP contribution in [0.2, 0.25) is 0 Å². The maximum Gasteiger partial charge on any atom is 0.0979 e. The van der Waals surface area contributed by atoms with E-state index < -0.39 is 0 Å². The molecule has 0 radical (unpaired) electrons. The Balaban J connectivity index is 2.06. The van der Waals surface area contributed by atoms with Crippen molar-refractivity contribution in [3.05, 3.63) is 59.2 Å². The molecule has 0 amide bonds. The molecule has 0 saturated carbocycles. The second kappa shape index (κ2) is 5.84. The van der Waals surface area contributed by atoms with Gasteiger partial charge in [-0.25, -0.2) is 0 Å². The molecule has 0 N–H and O–H groups in total. The van der Waals surface area contributed by atoms with Crippen LogP contribution in [0, 0.1) is 12.8 Å². The van der Waals surface area contributed by atoms with Crippen LogP contribution in [0.4, 0.5) is 11.4 Å². The van der Waals surface area contributed by atoms with E-state index in [1.165, 1.54) is 22.4 Å². The van der Waals surface area contributed by atoms with E-state index in [2.05, 4.69) is 88.3 Å². The Morgan fingerprint density at radius 1 is 1.13 bits per heavy atom. The highest BCUT2D eigenvalue weighted by atomic mass is 15.2. The second-order valence-corrected chi connectivity index (χ2v) is 7.20. The minimum Gasteiger partial charge on any atom is -0.358 e. The third kappa shape index (κ3) is 2.78. The summed E-state index contributed by atoms with van der Waals surface area (Å²) in [5.41, 5.74) is 6.06. The first-order valence-electron chi connectivity index (χ1n) is 8.40. The summed E-state index contributed by atoms with van der Waals surface area (Å²) in [6, 6.07) is 15.3. The molecule has 0 saturated heterocycles. The van der Waals surface area contributed by atoms with E-state index in [1.54, 1.807) is 0 Å². The van der Waals surface area contributed by atoms with Gasteiger partial charge < -0.3 is 4.90 Å². The quantitative estimate of drug-likeness (QED) is 0.755. The van der Waals surface area contributed by atoms with E-state index in [9.17, 15) is 0 Å². The summed E-state index contributed by atoms with van der Waals surface area (Å²) in [5, 5.41) is 0. The van der Waals surface area contributed by atoms with Gasteiger partial charge in [-0.15, -0.1) is 0 Å². The van der Waals surface area contributed by atoms with Crippen molar-refractivity contribution in [2.75, 3.05) is 11.9 Å². The van der Waals surface area contributed by atoms with Crippen molar-refractivity contribution in [1.82, 2.24) is 0 Å². The molecule has 2 aromatic carbocycles. The van der Waals surface area contributed by atoms with Crippen LogP contribution in [0.5, 0.6) is 0 Å². The third-order valence-corrected chi connectivity index (χ3v) is 4.89. The molecule has 0 spiro atoms. The summed E-state index contributed by atoms with van der Waals surface area (Å²) >= 11 is 0. The summed E-state index contributed by atoms with van der Waals surface area (Å²) < 4.78 is 0. The lowest BCUT2D eigenvalue weighted by Crippen LogP contribution is -2.45. The van der Waals surface area contributed by atoms with Crippen molar-refractivity contribution >= 4 is 17.6 Å². The Morgan fingerprint density at radius 2 is 1.87 bits per heavy atom. The summed E-state index contributed by atoms with van der Waals surface area (Å²) in [7, 11) is 2.18. The van der Waals surface area contributed by atoms with Crippen LogP contribution in [-0.4, -0.2) is 13.3 Å². The van der Waals surface area contributed by atoms with Gasteiger partial charge in [0, 0.05) is 13.3 Å². The summed E-state index contributed by atoms with van der Waals surface area (Å²) in [4.78, 5) is 7.13. The Hall–Kier alpha value is -2.09. The zero-order chi connectivity index (χ0) is 16.6. The van der Waals surface area contributed by atoms with Gasteiger partial charge in [0.15, 0.2) is 0 Å². The first-order valence-corrected chi connectivity index (χ1v) is 8.40. The van der Waals surface area contributed by atoms with Crippen molar-refractivity contribution in [2.45, 2.75) is 39.7 Å². The van der Waals surface area contributed by atoms with Gasteiger partial charge in [0.05, 0.1) is 16.9 Å². The lowest BCUT2D eigenvalue weighted by atomic mass is 9.86. The molecule has 23 heavy (non-hydrogen) atoms. The lowest BCUT2D eigenvalue weighted by molar-refractivity contribution is 0.620. The first-order chi connectivity index (χ1) is 10.9. The molecule has 3 rings (SSSR count). The van der Waals surface area contributed by atoms with E-state index in [4.69, 9.17) is 4.99 Å². The van der Waals surface area contributed by atoms with Crippen molar-refractivity contribution in [3.8, 4) is 0 Å². The number of hydrogen-bond donors (Lipinski definition) is 0. The van der Waals surface area contributed by atoms with Gasteiger partial charge in [-0.3, -0.25) is 4.99 Å². The fourth-order valence-corrected chi connectivity index (χ4v) is 3.47. The van der Waals surface area contributed by atoms with Gasteiger partial charge >= 0.3 is 0 Å². The van der Waals surface area contributed by atoms with E-state index in [-0.39, 0.29) is 5.54 Å². The highest BCUT2D eigenvalue weighted by molar-refractivity contribution is 5.89. The minimum atomic E-state index is -0.213. The number of aliphatic imine (C=N–C) groups is 1. The summed E-state index contributed by atoms with van der Waals surface area (Å²) in [6.07, 6.45) is 3.19. The molecule has 2 heteroatoms. The molecular weight excluding hydrogens is 280 g/mol. The highest BCUT2D eigenvalue weighted by Gasteiger charge is 2.34. The largest absolute Gasteiger partial charge is 0.358 e. The molecule has 2 nitrogen and oxygen atoms in total. The van der Waals surface area contributed by atoms with Crippen molar-refractivity contribution in [2.24, 2.45) is 10.9 Å². The monoisotopic (exact) mass is 306 g/mol. The highest BCUT2D eigenvalue weighted by Crippen LogP contribution is 2.41. The number of hydrogen-bond acceptors (Lipinski definition) is 2. The third-order valence-electron chi connectivity index (χ3n) is 4.89. The Morgan fingerprint density at radius 3 is 2.57 bits per heavy atom. The predicted molar refractivity (Wildman–Crippen MR) is 100 cm³/mol. The van der Waals surface area contributed by atoms with Crippen LogP contribution in [0.1, 0.15) is 37.5 Å². The van der Waals surface area contributed by atoms with Gasteiger partial charge in [0.2, 0.25) is 0 Å². The standard InChI is InChI=1S/C21H26N2/c1-15(2)12-17-10-11-19-20(13-17)23(5)21(4,14-22-19)18-9-7-6-8-16(18)3/h6-11,13-15H,12H2,1-5H3. The van der Waals surface area contributed by atoms with Crippen molar-refractivity contribution in [3.63, 3.8) is 0 Å². The number of fused-ring (bicyclic) bond motifs is 1. The zero-order valence-electron chi connectivity index (χ0n) is 14.8. The van der Waals surface area contributed by atoms with Crippen molar-refractivity contribution < 1.29 is 0 Å². The van der Waals surface area contributed by atoms with E-state index >= 15 is 0 Å². The summed E-state index contributed by atoms with van der Waals surface area (Å²) in [5.74, 6) is 0.660. The molecule has 0 bridgehead atoms. The molecule has 0 fully saturated rings. The number of aryl methyl sites for hydroxylation is 1. The molecule has 1 atom stereocenters. The fraction of sp³-hybridized carbons (Fsp3) is 0.381. The predicted octanol–water partition coefficient (Wildman–Crippen LogP) is 5.26. The average molecular weight is 306 g/mol. The number of nitrogens with zero attached hydrogens (tertiary/aromatic N) is 2. The van der Waals surface area contributed by atoms with E-state index in [1.807, 2.05) is 0 Å². The number of benzene rings is 2. The van der Waals surface area contributed by atoms with Crippen molar-refractivity contribution in [1.29, 1.82) is 0 Å². The van der Waals surface area contributed by atoms with E-state index in [0.717, 1.165) is 12.1 Å². The maximum absolute atomic E-state index is 4.77. The Labute approximate surface area is 139 Å². The van der Waals surface area contributed by atoms with Crippen LogP contribution in [-0.2, 0) is 12.0 Å². The van der Waals surface area contributed by atoms with Gasteiger partial charge in [-0.1, -0.05) is 44.2 Å². The molecule has 1 aliphatic rings. The van der Waals surface area contributed by atoms with Gasteiger partial charge in [-0.2, -0.15) is 0 Å². The number of anilines is 1. The summed E-state index contributed by atoms with van der Waals surface area (Å²) in [6.45, 7) is 8.95. The lowest BCUT2D eigenvalue weighted by Gasteiger charge is -2.42. The molecule has 1 aliphatic heterocycles. The Kier molecular flexibility index (Phi) is 4.01. The normalized spacial score (nSPS) is 20.0. The minimum absolute atomic E-state index is 0.213. The van der Waals surface area contributed by atoms with E-state index in [0.29, 0.717) is 5.92 Å². The van der Waals surface area contributed by atoms with Crippen LogP contribution in [0.15, 0.2) is 47.5 Å². The second-order valence-electron chi connectivity index (χ2n) is 7.20. The molecule has 120 valence electrons. The SMILES string of the molecule is Cc1ccccc1C1(C)C=Nc2ccc(CC(C)C)cc2N1C. The smallest absolute Gasteiger partial charge is 0.0979 e. The van der Waals surface area contributed by atoms with Gasteiger partial charge in [-0.05, 0) is 55.0 Å². The van der Waals surface area contributed by atoms with Crippen LogP contribution in [0.3, 0.4) is 0 Å².